The summed E-state index contributed by atoms with van der Waals surface area (Å²) in [7, 11) is -3.08. The van der Waals surface area contributed by atoms with Crippen molar-refractivity contribution in [3.63, 3.8) is 0 Å². The van der Waals surface area contributed by atoms with Gasteiger partial charge in [0.15, 0.2) is 0 Å². The first-order valence-electron chi connectivity index (χ1n) is 8.02. The Labute approximate surface area is 131 Å². The zero-order chi connectivity index (χ0) is 15.8. The lowest BCUT2D eigenvalue weighted by molar-refractivity contribution is -0.0252. The molecule has 0 aliphatic heterocycles. The maximum absolute atomic E-state index is 5.89. The minimum atomic E-state index is -3.08. The monoisotopic (exact) mass is 316 g/mol. The van der Waals surface area contributed by atoms with E-state index in [4.69, 9.17) is 17.7 Å². The van der Waals surface area contributed by atoms with E-state index in [1.54, 1.807) is 12.2 Å². The van der Waals surface area contributed by atoms with E-state index in [0.29, 0.717) is 26.4 Å². The molecular formula is C16H32O4Si. The Hall–Kier alpha value is -0.463. The third-order valence-electron chi connectivity index (χ3n) is 2.81. The molecule has 0 radical (unpaired) electrons. The van der Waals surface area contributed by atoms with Crippen LogP contribution in [-0.2, 0) is 17.7 Å². The molecule has 0 aliphatic carbocycles. The second kappa shape index (κ2) is 14.5. The van der Waals surface area contributed by atoms with Gasteiger partial charge in [-0.05, 0) is 12.8 Å². The predicted octanol–water partition coefficient (Wildman–Crippen LogP) is 4.24. The largest absolute Gasteiger partial charge is 0.680 e. The first kappa shape index (κ1) is 20.5. The summed E-state index contributed by atoms with van der Waals surface area (Å²) in [6.07, 6.45) is 9.89. The van der Waals surface area contributed by atoms with Gasteiger partial charge in [0.2, 0.25) is 0 Å². The van der Waals surface area contributed by atoms with Crippen LogP contribution in [0.1, 0.15) is 52.4 Å². The summed E-state index contributed by atoms with van der Waals surface area (Å²) in [6, 6.07) is 0. The highest BCUT2D eigenvalue weighted by atomic mass is 28.4. The molecule has 0 aromatic rings. The number of rotatable bonds is 16. The van der Waals surface area contributed by atoms with Gasteiger partial charge in [-0.15, -0.1) is 13.2 Å². The standard InChI is InChI=1S/C16H32O4Si/c1-5-9-11-15-19-21(17-13-7-3,18-14-8-4)20-16-12-10-6-2/h7-8H,3-6,9-16H2,1-2H3. The molecule has 0 amide bonds. The summed E-state index contributed by atoms with van der Waals surface area (Å²) in [5, 5.41) is 0. The molecule has 0 N–H and O–H groups in total. The van der Waals surface area contributed by atoms with Gasteiger partial charge in [-0.1, -0.05) is 51.7 Å². The van der Waals surface area contributed by atoms with E-state index in [-0.39, 0.29) is 0 Å². The van der Waals surface area contributed by atoms with Crippen LogP contribution in [0, 0.1) is 0 Å². The minimum Gasteiger partial charge on any atom is -0.351 e. The summed E-state index contributed by atoms with van der Waals surface area (Å²) in [5.41, 5.74) is 0. The Balaban J connectivity index is 4.50. The van der Waals surface area contributed by atoms with Gasteiger partial charge in [-0.3, -0.25) is 0 Å². The molecule has 124 valence electrons. The van der Waals surface area contributed by atoms with E-state index < -0.39 is 9.05 Å². The molecule has 0 aromatic carbocycles. The van der Waals surface area contributed by atoms with Crippen LogP contribution in [0.5, 0.6) is 0 Å². The minimum absolute atomic E-state index is 0.366. The Bertz CT molecular complexity index is 233. The normalized spacial score (nSPS) is 11.5. The van der Waals surface area contributed by atoms with Gasteiger partial charge in [0.05, 0.1) is 13.2 Å². The molecule has 0 heterocycles. The second-order valence-electron chi connectivity index (χ2n) is 4.81. The van der Waals surface area contributed by atoms with Crippen molar-refractivity contribution in [1.29, 1.82) is 0 Å². The zero-order valence-corrected chi connectivity index (χ0v) is 14.8. The molecule has 0 fully saturated rings. The molecule has 0 aromatic heterocycles. The molecule has 0 bridgehead atoms. The van der Waals surface area contributed by atoms with Gasteiger partial charge in [-0.25, -0.2) is 0 Å². The van der Waals surface area contributed by atoms with Gasteiger partial charge in [-0.2, -0.15) is 0 Å². The van der Waals surface area contributed by atoms with Crippen molar-refractivity contribution in [3.8, 4) is 0 Å². The molecule has 0 atom stereocenters. The lowest BCUT2D eigenvalue weighted by Crippen LogP contribution is -2.50. The lowest BCUT2D eigenvalue weighted by Gasteiger charge is -2.27. The molecule has 5 heteroatoms. The summed E-state index contributed by atoms with van der Waals surface area (Å²) >= 11 is 0. The van der Waals surface area contributed by atoms with Crippen molar-refractivity contribution in [2.75, 3.05) is 26.4 Å². The zero-order valence-electron chi connectivity index (χ0n) is 13.8. The number of unbranched alkanes of at least 4 members (excludes halogenated alkanes) is 4. The molecule has 4 nitrogen and oxygen atoms in total. The molecule has 21 heavy (non-hydrogen) atoms. The van der Waals surface area contributed by atoms with Crippen molar-refractivity contribution in [1.82, 2.24) is 0 Å². The van der Waals surface area contributed by atoms with Crippen molar-refractivity contribution >= 4 is 9.05 Å². The van der Waals surface area contributed by atoms with E-state index in [1.165, 1.54) is 0 Å². The Morgan fingerprint density at radius 1 is 0.714 bits per heavy atom. The smallest absolute Gasteiger partial charge is 0.351 e. The third-order valence-corrected chi connectivity index (χ3v) is 4.97. The van der Waals surface area contributed by atoms with Crippen LogP contribution in [-0.4, -0.2) is 35.5 Å². The molecular weight excluding hydrogens is 284 g/mol. The van der Waals surface area contributed by atoms with E-state index in [9.17, 15) is 0 Å². The first-order chi connectivity index (χ1) is 10.2. The highest BCUT2D eigenvalue weighted by molar-refractivity contribution is 6.53. The van der Waals surface area contributed by atoms with Gasteiger partial charge in [0, 0.05) is 13.2 Å². The van der Waals surface area contributed by atoms with E-state index in [2.05, 4.69) is 27.0 Å². The van der Waals surface area contributed by atoms with Gasteiger partial charge in [0.25, 0.3) is 0 Å². The van der Waals surface area contributed by atoms with Crippen molar-refractivity contribution in [3.05, 3.63) is 25.3 Å². The topological polar surface area (TPSA) is 36.9 Å². The Morgan fingerprint density at radius 2 is 1.14 bits per heavy atom. The van der Waals surface area contributed by atoms with Crippen LogP contribution in [0.2, 0.25) is 0 Å². The van der Waals surface area contributed by atoms with Gasteiger partial charge >= 0.3 is 9.05 Å². The maximum atomic E-state index is 5.89. The fraction of sp³-hybridized carbons (Fsp3) is 0.750. The van der Waals surface area contributed by atoms with Crippen molar-refractivity contribution < 1.29 is 17.7 Å². The fourth-order valence-electron chi connectivity index (χ4n) is 1.67. The first-order valence-corrected chi connectivity index (χ1v) is 9.65. The van der Waals surface area contributed by atoms with Crippen LogP contribution in [0.25, 0.3) is 0 Å². The fourth-order valence-corrected chi connectivity index (χ4v) is 3.60. The molecule has 0 rings (SSSR count). The number of hydrogen-bond acceptors (Lipinski definition) is 4. The average Bonchev–Trinajstić information content (AvgIpc) is 2.51. The molecule has 0 saturated heterocycles. The third kappa shape index (κ3) is 10.8. The molecule has 0 unspecified atom stereocenters. The summed E-state index contributed by atoms with van der Waals surface area (Å²) < 4.78 is 23.3. The van der Waals surface area contributed by atoms with Gasteiger partial charge < -0.3 is 17.7 Å². The van der Waals surface area contributed by atoms with Crippen LogP contribution < -0.4 is 0 Å². The lowest BCUT2D eigenvalue weighted by atomic mass is 10.3. The Kier molecular flexibility index (Phi) is 14.2. The molecule has 0 saturated carbocycles. The van der Waals surface area contributed by atoms with Gasteiger partial charge in [0.1, 0.15) is 0 Å². The van der Waals surface area contributed by atoms with Crippen LogP contribution in [0.3, 0.4) is 0 Å². The predicted molar refractivity (Wildman–Crippen MR) is 89.0 cm³/mol. The van der Waals surface area contributed by atoms with Crippen LogP contribution in [0.4, 0.5) is 0 Å². The van der Waals surface area contributed by atoms with Crippen molar-refractivity contribution in [2.24, 2.45) is 0 Å². The second-order valence-corrected chi connectivity index (χ2v) is 6.97. The summed E-state index contributed by atoms with van der Waals surface area (Å²) in [4.78, 5) is 0. The highest BCUT2D eigenvalue weighted by Gasteiger charge is 2.45. The molecule has 0 aliphatic rings. The van der Waals surface area contributed by atoms with E-state index >= 15 is 0 Å². The SMILES string of the molecule is C=CCO[Si](OCC=C)(OCCCCC)OCCCCC. The van der Waals surface area contributed by atoms with Crippen LogP contribution >= 0.6 is 0 Å². The molecule has 0 spiro atoms. The van der Waals surface area contributed by atoms with E-state index in [0.717, 1.165) is 38.5 Å². The average molecular weight is 317 g/mol. The summed E-state index contributed by atoms with van der Waals surface area (Å²) in [5.74, 6) is 0. The van der Waals surface area contributed by atoms with Crippen LogP contribution in [0.15, 0.2) is 25.3 Å². The Morgan fingerprint density at radius 3 is 1.48 bits per heavy atom. The summed E-state index contributed by atoms with van der Waals surface area (Å²) in [6.45, 7) is 13.6. The van der Waals surface area contributed by atoms with Crippen molar-refractivity contribution in [2.45, 2.75) is 52.4 Å². The highest BCUT2D eigenvalue weighted by Crippen LogP contribution is 2.15. The maximum Gasteiger partial charge on any atom is 0.680 e. The van der Waals surface area contributed by atoms with E-state index in [1.807, 2.05) is 0 Å². The number of hydrogen-bond donors (Lipinski definition) is 0. The quantitative estimate of drug-likeness (QED) is 0.242.